The largest absolute Gasteiger partial charge is 0.492 e. The Balaban J connectivity index is 1.39. The number of aliphatic hydroxyl groups is 4. The molecule has 4 fully saturated rings. The molecule has 5 rings (SSSR count). The van der Waals surface area contributed by atoms with E-state index < -0.39 is 77.9 Å². The highest BCUT2D eigenvalue weighted by molar-refractivity contribution is 5.90. The molecule has 0 radical (unpaired) electrons. The number of aliphatic hydroxyl groups excluding tert-OH is 2. The molecule has 17 heteroatoms. The van der Waals surface area contributed by atoms with Crippen LogP contribution in [-0.2, 0) is 19.0 Å². The summed E-state index contributed by atoms with van der Waals surface area (Å²) < 4.78 is 18.4. The smallest absolute Gasteiger partial charge is 0.254 e. The Labute approximate surface area is 268 Å². The van der Waals surface area contributed by atoms with Gasteiger partial charge in [-0.3, -0.25) is 4.79 Å². The molecule has 5 aliphatic rings. The second kappa shape index (κ2) is 13.8. The minimum Gasteiger partial charge on any atom is -0.492 e. The number of guanidine groups is 1. The zero-order valence-electron chi connectivity index (χ0n) is 26.5. The van der Waals surface area contributed by atoms with Crippen LogP contribution < -0.4 is 44.6 Å². The number of likely N-dealkylation sites (N-methyl/N-ethyl adjacent to an activating group) is 1. The predicted molar refractivity (Wildman–Crippen MR) is 166 cm³/mol. The SMILES string of the molecule is CNC1C(O)C(OC2C(NC(=O)C3(O)CC3N=C(N)N)CC(N)C(C3OC(CN)=CCC3NCC3CC(N)C3)C2O)OCC1(C)O. The average Bonchev–Trinajstić information content (AvgIpc) is 3.63. The number of hydrogen-bond donors (Lipinski definition) is 12. The van der Waals surface area contributed by atoms with Gasteiger partial charge in [-0.1, -0.05) is 0 Å². The molecule has 3 saturated carbocycles. The van der Waals surface area contributed by atoms with E-state index in [-0.39, 0.29) is 44.0 Å². The summed E-state index contributed by atoms with van der Waals surface area (Å²) in [5.74, 6) is -0.687. The van der Waals surface area contributed by atoms with E-state index >= 15 is 0 Å². The quantitative estimate of drug-likeness (QED) is 0.0731. The topological polar surface area (TPSA) is 304 Å². The van der Waals surface area contributed by atoms with Crippen molar-refractivity contribution in [2.24, 2.45) is 45.5 Å². The fourth-order valence-corrected chi connectivity index (χ4v) is 7.52. The van der Waals surface area contributed by atoms with Gasteiger partial charge in [-0.15, -0.1) is 0 Å². The Morgan fingerprint density at radius 2 is 1.87 bits per heavy atom. The summed E-state index contributed by atoms with van der Waals surface area (Å²) in [7, 11) is 1.59. The van der Waals surface area contributed by atoms with Gasteiger partial charge < -0.3 is 79.3 Å². The van der Waals surface area contributed by atoms with E-state index in [4.69, 9.17) is 42.9 Å². The predicted octanol–water partition coefficient (Wildman–Crippen LogP) is -5.28. The highest BCUT2D eigenvalue weighted by Gasteiger charge is 2.61. The van der Waals surface area contributed by atoms with Crippen LogP contribution in [0.1, 0.15) is 39.0 Å². The van der Waals surface area contributed by atoms with E-state index in [1.165, 1.54) is 6.92 Å². The highest BCUT2D eigenvalue weighted by atomic mass is 16.7. The maximum absolute atomic E-state index is 13.3. The van der Waals surface area contributed by atoms with Crippen LogP contribution in [0.2, 0.25) is 0 Å². The molecule has 0 aromatic heterocycles. The van der Waals surface area contributed by atoms with E-state index in [0.29, 0.717) is 18.1 Å². The van der Waals surface area contributed by atoms with Crippen molar-refractivity contribution in [2.45, 2.75) is 117 Å². The Morgan fingerprint density at radius 3 is 2.50 bits per heavy atom. The Morgan fingerprint density at radius 1 is 1.15 bits per heavy atom. The van der Waals surface area contributed by atoms with Crippen molar-refractivity contribution in [3.63, 3.8) is 0 Å². The van der Waals surface area contributed by atoms with Crippen LogP contribution in [0, 0.1) is 11.8 Å². The van der Waals surface area contributed by atoms with Gasteiger partial charge in [-0.05, 0) is 58.2 Å². The number of aliphatic imine (C=N–C) groups is 1. The first kappa shape index (κ1) is 35.2. The Kier molecular flexibility index (Phi) is 10.5. The number of nitrogens with two attached hydrogens (primary N) is 5. The lowest BCUT2D eigenvalue weighted by atomic mass is 9.72. The van der Waals surface area contributed by atoms with Crippen LogP contribution in [-0.4, -0.2) is 137 Å². The summed E-state index contributed by atoms with van der Waals surface area (Å²) in [5.41, 5.74) is 26.3. The van der Waals surface area contributed by atoms with Gasteiger partial charge in [0.05, 0.1) is 37.4 Å². The molecule has 3 aliphatic carbocycles. The van der Waals surface area contributed by atoms with Crippen LogP contribution in [0.3, 0.4) is 0 Å². The number of carbonyl (C=O) groups is 1. The van der Waals surface area contributed by atoms with Gasteiger partial charge in [0.25, 0.3) is 5.91 Å². The lowest BCUT2D eigenvalue weighted by Crippen LogP contribution is -2.70. The summed E-state index contributed by atoms with van der Waals surface area (Å²) in [5, 5.41) is 54.2. The number of nitrogens with zero attached hydrogens (tertiary/aromatic N) is 1. The zero-order valence-corrected chi connectivity index (χ0v) is 26.5. The van der Waals surface area contributed by atoms with Crippen LogP contribution in [0.15, 0.2) is 16.8 Å². The third kappa shape index (κ3) is 7.14. The van der Waals surface area contributed by atoms with Crippen molar-refractivity contribution in [1.29, 1.82) is 0 Å². The van der Waals surface area contributed by atoms with Crippen LogP contribution in [0.4, 0.5) is 0 Å². The van der Waals surface area contributed by atoms with E-state index in [1.54, 1.807) is 7.05 Å². The lowest BCUT2D eigenvalue weighted by molar-refractivity contribution is -0.297. The maximum Gasteiger partial charge on any atom is 0.254 e. The summed E-state index contributed by atoms with van der Waals surface area (Å²) in [6, 6.07) is -3.24. The van der Waals surface area contributed by atoms with Crippen LogP contribution in [0.5, 0.6) is 0 Å². The molecule has 0 aromatic carbocycles. The van der Waals surface area contributed by atoms with E-state index in [2.05, 4.69) is 20.9 Å². The molecule has 0 bridgehead atoms. The van der Waals surface area contributed by atoms with Gasteiger partial charge in [0.1, 0.15) is 29.7 Å². The zero-order chi connectivity index (χ0) is 33.6. The molecule has 2 aliphatic heterocycles. The van der Waals surface area contributed by atoms with Gasteiger partial charge in [-0.2, -0.15) is 0 Å². The van der Waals surface area contributed by atoms with E-state index in [9.17, 15) is 25.2 Å². The lowest BCUT2D eigenvalue weighted by Gasteiger charge is -2.51. The number of rotatable bonds is 11. The molecule has 262 valence electrons. The molecule has 17 nitrogen and oxygen atoms in total. The Hall–Kier alpha value is -2.16. The van der Waals surface area contributed by atoms with Gasteiger partial charge in [0, 0.05) is 30.5 Å². The first-order valence-electron chi connectivity index (χ1n) is 16.1. The normalized spacial score (nSPS) is 47.2. The average molecular weight is 656 g/mol. The Bertz CT molecular complexity index is 1150. The van der Waals surface area contributed by atoms with E-state index in [1.807, 2.05) is 6.08 Å². The standard InChI is InChI=1S/C29H53N9O8/c1-28(42)11-44-25(21(40)24(28)35-2)46-23-17(37-26(41)29(43)8-18(29)38-27(33)34)7-15(32)19(20(23)39)22-16(4-3-14(9-30)45-22)36-10-12-5-13(31)6-12/h3,12-13,15-25,35-36,39-40,42-43H,4-11,30-32H2,1-2H3,(H,37,41)(H4,33,34,38). The number of amides is 1. The van der Waals surface area contributed by atoms with Crippen LogP contribution in [0.25, 0.3) is 0 Å². The highest BCUT2D eigenvalue weighted by Crippen LogP contribution is 2.41. The molecule has 17 N–H and O–H groups in total. The molecule has 13 atom stereocenters. The molecule has 46 heavy (non-hydrogen) atoms. The van der Waals surface area contributed by atoms with E-state index in [0.717, 1.165) is 19.4 Å². The van der Waals surface area contributed by atoms with Gasteiger partial charge in [-0.25, -0.2) is 4.99 Å². The van der Waals surface area contributed by atoms with Crippen molar-refractivity contribution in [1.82, 2.24) is 16.0 Å². The first-order chi connectivity index (χ1) is 21.7. The van der Waals surface area contributed by atoms with Crippen molar-refractivity contribution in [3.8, 4) is 0 Å². The minimum absolute atomic E-state index is 0.0128. The maximum atomic E-state index is 13.3. The number of hydrogen-bond acceptors (Lipinski definition) is 14. The number of carbonyl (C=O) groups excluding carboxylic acids is 1. The third-order valence-electron chi connectivity index (χ3n) is 10.3. The molecular formula is C29H53N9O8. The second-order valence-electron chi connectivity index (χ2n) is 13.9. The fraction of sp³-hybridized carbons (Fsp3) is 0.862. The van der Waals surface area contributed by atoms with Crippen molar-refractivity contribution in [2.75, 3.05) is 26.7 Å². The molecule has 0 spiro atoms. The molecule has 13 unspecified atom stereocenters. The molecule has 1 saturated heterocycles. The second-order valence-corrected chi connectivity index (χ2v) is 13.9. The molecule has 1 amide bonds. The van der Waals surface area contributed by atoms with Gasteiger partial charge in [0.2, 0.25) is 0 Å². The summed E-state index contributed by atoms with van der Waals surface area (Å²) in [6.07, 6.45) is -1.20. The number of ether oxygens (including phenoxy) is 3. The fourth-order valence-electron chi connectivity index (χ4n) is 7.52. The molecule has 0 aromatic rings. The van der Waals surface area contributed by atoms with Crippen molar-refractivity contribution < 1.29 is 39.4 Å². The first-order valence-corrected chi connectivity index (χ1v) is 16.1. The van der Waals surface area contributed by atoms with Crippen LogP contribution >= 0.6 is 0 Å². The minimum atomic E-state index is -1.84. The monoisotopic (exact) mass is 655 g/mol. The van der Waals surface area contributed by atoms with Crippen molar-refractivity contribution in [3.05, 3.63) is 11.8 Å². The van der Waals surface area contributed by atoms with Gasteiger partial charge in [0.15, 0.2) is 17.9 Å². The summed E-state index contributed by atoms with van der Waals surface area (Å²) in [4.78, 5) is 17.2. The molecular weight excluding hydrogens is 602 g/mol. The van der Waals surface area contributed by atoms with Crippen molar-refractivity contribution >= 4 is 11.9 Å². The summed E-state index contributed by atoms with van der Waals surface area (Å²) in [6.45, 7) is 2.25. The molecule has 2 heterocycles. The number of nitrogens with one attached hydrogen (secondary N) is 3. The summed E-state index contributed by atoms with van der Waals surface area (Å²) >= 11 is 0. The van der Waals surface area contributed by atoms with Gasteiger partial charge >= 0.3 is 0 Å². The third-order valence-corrected chi connectivity index (χ3v) is 10.3.